The second-order valence-electron chi connectivity index (χ2n) is 15.8. The van der Waals surface area contributed by atoms with Gasteiger partial charge in [0.25, 0.3) is 0 Å². The Labute approximate surface area is 299 Å². The number of halogens is 3. The lowest BCUT2D eigenvalue weighted by molar-refractivity contribution is -0.153. The largest absolute Gasteiger partial charge is 0.481 e. The number of ether oxygens (including phenoxy) is 1. The van der Waals surface area contributed by atoms with Crippen LogP contribution in [0, 0.1) is 12.3 Å². The molecule has 0 radical (unpaired) electrons. The van der Waals surface area contributed by atoms with Gasteiger partial charge in [0.05, 0.1) is 23.4 Å². The Morgan fingerprint density at radius 3 is 2.46 bits per heavy atom. The van der Waals surface area contributed by atoms with Gasteiger partial charge in [-0.3, -0.25) is 14.8 Å². The maximum Gasteiger partial charge on any atom is 0.422 e. The van der Waals surface area contributed by atoms with Crippen LogP contribution in [0.5, 0.6) is 5.75 Å². The summed E-state index contributed by atoms with van der Waals surface area (Å²) in [5.74, 6) is 1.30. The number of nitrogens with zero attached hydrogens (tertiary/aromatic N) is 7. The number of alkyl halides is 3. The maximum absolute atomic E-state index is 14.1. The van der Waals surface area contributed by atoms with Crippen molar-refractivity contribution in [2.75, 3.05) is 69.3 Å². The van der Waals surface area contributed by atoms with Gasteiger partial charge in [-0.1, -0.05) is 12.6 Å². The molecule has 274 valence electrons. The monoisotopic (exact) mass is 716 g/mol. The van der Waals surface area contributed by atoms with Gasteiger partial charge in [-0.15, -0.1) is 0 Å². The highest BCUT2D eigenvalue weighted by Gasteiger charge is 2.55. The van der Waals surface area contributed by atoms with E-state index in [0.717, 1.165) is 59.8 Å². The molecule has 2 aromatic heterocycles. The van der Waals surface area contributed by atoms with E-state index in [1.807, 2.05) is 35.9 Å². The number of piperidine rings is 1. The quantitative estimate of drug-likeness (QED) is 0.250. The predicted molar refractivity (Wildman–Crippen MR) is 192 cm³/mol. The zero-order valence-corrected chi connectivity index (χ0v) is 29.5. The van der Waals surface area contributed by atoms with Crippen LogP contribution >= 0.6 is 0 Å². The Hall–Kier alpha value is -4.43. The number of anilines is 2. The zero-order chi connectivity index (χ0) is 36.2. The number of rotatable bonds is 7. The molecular formula is C38H43F3N8O3. The molecule has 5 fully saturated rings. The number of aromatic nitrogens is 4. The molecule has 0 bridgehead atoms. The number of carbonyl (C=O) groups is 1. The first-order valence-corrected chi connectivity index (χ1v) is 18.2. The zero-order valence-electron chi connectivity index (χ0n) is 29.5. The number of aromatic amines is 1. The highest BCUT2D eigenvalue weighted by atomic mass is 19.4. The van der Waals surface area contributed by atoms with Crippen LogP contribution in [0.2, 0.25) is 0 Å². The lowest BCUT2D eigenvalue weighted by Crippen LogP contribution is -2.71. The summed E-state index contributed by atoms with van der Waals surface area (Å²) in [6, 6.07) is 5.99. The number of hydrogen-bond acceptors (Lipinski definition) is 9. The first-order valence-electron chi connectivity index (χ1n) is 18.2. The summed E-state index contributed by atoms with van der Waals surface area (Å²) in [6.07, 6.45) is 2.24. The fourth-order valence-corrected chi connectivity index (χ4v) is 9.17. The number of fused-ring (bicyclic) bond motifs is 2. The van der Waals surface area contributed by atoms with Crippen LogP contribution in [0.1, 0.15) is 49.1 Å². The molecule has 1 atom stereocenters. The lowest BCUT2D eigenvalue weighted by Gasteiger charge is -2.54. The SMILES string of the molecule is C=CC(=O)N1CC2(CCN(c3nc(N4CC5(C4)[C@@H](O)CCN5C)nc4c(OCC(F)(F)F)c(-c5c(C)ccc6[nH]ncc56)c(C5CC5)cc34)CC2)C1. The molecule has 1 aliphatic carbocycles. The van der Waals surface area contributed by atoms with Gasteiger partial charge < -0.3 is 24.5 Å². The van der Waals surface area contributed by atoms with Crippen molar-refractivity contribution < 1.29 is 27.8 Å². The van der Waals surface area contributed by atoms with E-state index in [9.17, 15) is 23.1 Å². The Morgan fingerprint density at radius 2 is 1.81 bits per heavy atom. The second-order valence-corrected chi connectivity index (χ2v) is 15.8. The molecule has 1 saturated carbocycles. The van der Waals surface area contributed by atoms with Crippen molar-refractivity contribution in [2.24, 2.45) is 5.41 Å². The van der Waals surface area contributed by atoms with Gasteiger partial charge in [-0.05, 0) is 86.9 Å². The van der Waals surface area contributed by atoms with Crippen LogP contribution in [0.15, 0.2) is 37.1 Å². The topological polar surface area (TPSA) is 114 Å². The number of nitrogens with one attached hydrogen (secondary N) is 1. The number of likely N-dealkylation sites (tertiary alicyclic amines) is 2. The van der Waals surface area contributed by atoms with E-state index in [1.54, 1.807) is 6.20 Å². The van der Waals surface area contributed by atoms with Crippen LogP contribution in [-0.4, -0.2) is 118 Å². The van der Waals surface area contributed by atoms with E-state index >= 15 is 0 Å². The van der Waals surface area contributed by atoms with Crippen molar-refractivity contribution in [1.82, 2.24) is 30.0 Å². The molecule has 4 aliphatic heterocycles. The van der Waals surface area contributed by atoms with Gasteiger partial charge in [-0.2, -0.15) is 23.3 Å². The fourth-order valence-electron chi connectivity index (χ4n) is 9.17. The van der Waals surface area contributed by atoms with Crippen LogP contribution in [0.25, 0.3) is 32.9 Å². The third-order valence-corrected chi connectivity index (χ3v) is 12.4. The molecule has 4 saturated heterocycles. The van der Waals surface area contributed by atoms with Gasteiger partial charge in [-0.25, -0.2) is 4.98 Å². The third kappa shape index (κ3) is 5.31. The number of aryl methyl sites for hydroxylation is 1. The number of aliphatic hydroxyl groups excluding tert-OH is 1. The number of aliphatic hydroxyl groups is 1. The summed E-state index contributed by atoms with van der Waals surface area (Å²) in [5, 5.41) is 19.7. The molecule has 14 heteroatoms. The number of amides is 1. The second kappa shape index (κ2) is 11.8. The molecule has 2 spiro atoms. The summed E-state index contributed by atoms with van der Waals surface area (Å²) in [7, 11) is 2.02. The summed E-state index contributed by atoms with van der Waals surface area (Å²) >= 11 is 0. The van der Waals surface area contributed by atoms with Gasteiger partial charge in [0.2, 0.25) is 11.9 Å². The van der Waals surface area contributed by atoms with Gasteiger partial charge in [0, 0.05) is 67.6 Å². The average Bonchev–Trinajstić information content (AvgIpc) is 3.75. The first-order chi connectivity index (χ1) is 24.9. The molecule has 2 N–H and O–H groups in total. The molecular weight excluding hydrogens is 673 g/mol. The van der Waals surface area contributed by atoms with Crippen LogP contribution in [0.4, 0.5) is 24.9 Å². The van der Waals surface area contributed by atoms with Crippen LogP contribution < -0.4 is 14.5 Å². The van der Waals surface area contributed by atoms with E-state index < -0.39 is 24.4 Å². The highest BCUT2D eigenvalue weighted by Crippen LogP contribution is 2.54. The Bertz CT molecular complexity index is 2080. The highest BCUT2D eigenvalue weighted by molar-refractivity contribution is 6.06. The Kier molecular flexibility index (Phi) is 7.57. The van der Waals surface area contributed by atoms with E-state index in [0.29, 0.717) is 73.9 Å². The molecule has 4 aromatic rings. The standard InChI is InChI=1S/C38H43F3N8O3/c1-4-29(51)48-17-36(18-48)10-13-47(14-11-36)34-25-15-24(23-6-7-23)31(30-22(2)5-8-27-26(30)16-42-45-27)33(52-21-38(39,40)41)32(25)43-35(44-34)49-19-37(20-49)28(50)9-12-46(37)3/h4-5,8,15-16,23,28,50H,1,6-7,9-14,17-21H2,2-3H3,(H,42,45)/t28-/m0/s1. The van der Waals surface area contributed by atoms with E-state index in [2.05, 4.69) is 32.6 Å². The molecule has 11 nitrogen and oxygen atoms in total. The molecule has 2 aromatic carbocycles. The van der Waals surface area contributed by atoms with Gasteiger partial charge in [0.15, 0.2) is 12.4 Å². The lowest BCUT2D eigenvalue weighted by atomic mass is 9.72. The van der Waals surface area contributed by atoms with Crippen molar-refractivity contribution in [3.8, 4) is 16.9 Å². The number of carbonyl (C=O) groups excluding carboxylic acids is 1. The van der Waals surface area contributed by atoms with Crippen LogP contribution in [0.3, 0.4) is 0 Å². The summed E-state index contributed by atoms with van der Waals surface area (Å²) < 4.78 is 48.2. The Morgan fingerprint density at radius 1 is 1.06 bits per heavy atom. The normalized spacial score (nSPS) is 22.7. The summed E-state index contributed by atoms with van der Waals surface area (Å²) in [5.41, 5.74) is 3.99. The van der Waals surface area contributed by atoms with Crippen molar-refractivity contribution >= 4 is 39.5 Å². The number of hydrogen-bond donors (Lipinski definition) is 2. The fraction of sp³-hybridized carbons (Fsp3) is 0.526. The van der Waals surface area contributed by atoms with Crippen LogP contribution in [-0.2, 0) is 4.79 Å². The summed E-state index contributed by atoms with van der Waals surface area (Å²) in [4.78, 5) is 30.8. The maximum atomic E-state index is 14.1. The smallest absolute Gasteiger partial charge is 0.422 e. The third-order valence-electron chi connectivity index (χ3n) is 12.4. The van der Waals surface area contributed by atoms with E-state index in [1.165, 1.54) is 6.08 Å². The van der Waals surface area contributed by atoms with Gasteiger partial charge in [0.1, 0.15) is 11.3 Å². The molecule has 5 aliphatic rings. The average molecular weight is 717 g/mol. The minimum Gasteiger partial charge on any atom is -0.481 e. The van der Waals surface area contributed by atoms with Crippen molar-refractivity contribution in [3.05, 3.63) is 48.2 Å². The van der Waals surface area contributed by atoms with Crippen molar-refractivity contribution in [2.45, 2.75) is 62.8 Å². The molecule has 6 heterocycles. The summed E-state index contributed by atoms with van der Waals surface area (Å²) in [6.45, 7) is 8.67. The minimum atomic E-state index is -4.58. The van der Waals surface area contributed by atoms with Gasteiger partial charge >= 0.3 is 6.18 Å². The number of benzene rings is 2. The minimum absolute atomic E-state index is 0.0298. The molecule has 9 rings (SSSR count). The molecule has 52 heavy (non-hydrogen) atoms. The van der Waals surface area contributed by atoms with Crippen molar-refractivity contribution in [1.29, 1.82) is 0 Å². The predicted octanol–water partition coefficient (Wildman–Crippen LogP) is 5.17. The molecule has 1 amide bonds. The number of H-pyrrole nitrogens is 1. The van der Waals surface area contributed by atoms with Crippen molar-refractivity contribution in [3.63, 3.8) is 0 Å². The first kappa shape index (κ1) is 33.4. The molecule has 0 unspecified atom stereocenters. The van der Waals surface area contributed by atoms with E-state index in [-0.39, 0.29) is 23.0 Å². The number of likely N-dealkylation sites (N-methyl/N-ethyl adjacent to an activating group) is 1. The Balaban J connectivity index is 1.21. The van der Waals surface area contributed by atoms with E-state index in [4.69, 9.17) is 14.7 Å².